The molecule has 0 saturated carbocycles. The molecule has 1 amide bonds. The summed E-state index contributed by atoms with van der Waals surface area (Å²) in [5.41, 5.74) is 5.35. The van der Waals surface area contributed by atoms with Gasteiger partial charge >= 0.3 is 0 Å². The molecule has 2 atom stereocenters. The molecule has 1 saturated heterocycles. The molecule has 0 bridgehead atoms. The average Bonchev–Trinajstić information content (AvgIpc) is 2.62. The van der Waals surface area contributed by atoms with Crippen molar-refractivity contribution < 1.29 is 9.53 Å². The van der Waals surface area contributed by atoms with Crippen LogP contribution in [-0.4, -0.2) is 49.6 Å². The van der Waals surface area contributed by atoms with Gasteiger partial charge in [-0.2, -0.15) is 0 Å². The highest BCUT2D eigenvalue weighted by Crippen LogP contribution is 2.19. The maximum atomic E-state index is 11.2. The van der Waals surface area contributed by atoms with Crippen molar-refractivity contribution in [2.75, 3.05) is 26.7 Å². The van der Waals surface area contributed by atoms with E-state index in [1.807, 2.05) is 30.3 Å². The molecule has 1 fully saturated rings. The smallest absolute Gasteiger partial charge is 0.217 e. The monoisotopic (exact) mass is 474 g/mol. The number of nitrogens with two attached hydrogens (primary N) is 1. The van der Waals surface area contributed by atoms with E-state index in [4.69, 9.17) is 10.5 Å². The molecule has 146 valence electrons. The topological polar surface area (TPSA) is 80.0 Å². The summed E-state index contributed by atoms with van der Waals surface area (Å²) in [5, 5.41) is 3.42. The van der Waals surface area contributed by atoms with Crippen LogP contribution in [-0.2, 0) is 4.79 Å². The molecule has 0 radical (unpaired) electrons. The average molecular weight is 474 g/mol. The minimum Gasteiger partial charge on any atom is -0.489 e. The summed E-state index contributed by atoms with van der Waals surface area (Å²) in [7, 11) is 1.79. The molecule has 0 spiro atoms. The standard InChI is InChI=1S/C19H30N4O2.HI/c1-3-16(25-17-9-5-4-6-10-17)13-22-19(21-2)23-11-7-8-15(14-23)12-18(20)24;/h4-6,9-10,15-16H,3,7-8,11-14H2,1-2H3,(H2,20,24)(H,21,22);1H. The third kappa shape index (κ3) is 7.39. The van der Waals surface area contributed by atoms with Gasteiger partial charge in [0.05, 0.1) is 6.54 Å². The molecule has 26 heavy (non-hydrogen) atoms. The van der Waals surface area contributed by atoms with Crippen LogP contribution in [0.1, 0.15) is 32.6 Å². The van der Waals surface area contributed by atoms with E-state index in [1.165, 1.54) is 0 Å². The van der Waals surface area contributed by atoms with Crippen molar-refractivity contribution in [1.82, 2.24) is 10.2 Å². The Balaban J connectivity index is 0.00000338. The number of carbonyl (C=O) groups is 1. The Labute approximate surface area is 173 Å². The Hall–Kier alpha value is -1.51. The van der Waals surface area contributed by atoms with Crippen LogP contribution in [0.15, 0.2) is 35.3 Å². The van der Waals surface area contributed by atoms with Gasteiger partial charge in [0.25, 0.3) is 0 Å². The number of aliphatic imine (C=N–C) groups is 1. The summed E-state index contributed by atoms with van der Waals surface area (Å²) < 4.78 is 6.02. The number of nitrogens with one attached hydrogen (secondary N) is 1. The van der Waals surface area contributed by atoms with Crippen molar-refractivity contribution in [1.29, 1.82) is 0 Å². The predicted octanol–water partition coefficient (Wildman–Crippen LogP) is 2.62. The van der Waals surface area contributed by atoms with Gasteiger partial charge in [0.1, 0.15) is 11.9 Å². The van der Waals surface area contributed by atoms with Crippen LogP contribution in [0, 0.1) is 5.92 Å². The first kappa shape index (κ1) is 22.5. The third-order valence-corrected chi connectivity index (χ3v) is 4.51. The van der Waals surface area contributed by atoms with Crippen LogP contribution < -0.4 is 15.8 Å². The lowest BCUT2D eigenvalue weighted by Gasteiger charge is -2.35. The number of nitrogens with zero attached hydrogens (tertiary/aromatic N) is 2. The third-order valence-electron chi connectivity index (χ3n) is 4.51. The largest absolute Gasteiger partial charge is 0.489 e. The summed E-state index contributed by atoms with van der Waals surface area (Å²) >= 11 is 0. The van der Waals surface area contributed by atoms with Crippen molar-refractivity contribution in [3.8, 4) is 5.75 Å². The zero-order valence-corrected chi connectivity index (χ0v) is 18.0. The molecule has 1 aromatic carbocycles. The molecule has 1 aliphatic rings. The van der Waals surface area contributed by atoms with Crippen LogP contribution in [0.25, 0.3) is 0 Å². The quantitative estimate of drug-likeness (QED) is 0.362. The van der Waals surface area contributed by atoms with E-state index in [9.17, 15) is 4.79 Å². The number of para-hydroxylation sites is 1. The van der Waals surface area contributed by atoms with Gasteiger partial charge in [0, 0.05) is 26.6 Å². The van der Waals surface area contributed by atoms with Crippen molar-refractivity contribution in [3.63, 3.8) is 0 Å². The van der Waals surface area contributed by atoms with E-state index in [2.05, 4.69) is 22.1 Å². The number of hydrogen-bond acceptors (Lipinski definition) is 3. The molecule has 1 aromatic rings. The summed E-state index contributed by atoms with van der Waals surface area (Å²) in [6.07, 6.45) is 3.53. The summed E-state index contributed by atoms with van der Waals surface area (Å²) in [6.45, 7) is 4.57. The van der Waals surface area contributed by atoms with Gasteiger partial charge in [-0.25, -0.2) is 0 Å². The Morgan fingerprint density at radius 2 is 2.15 bits per heavy atom. The number of carbonyl (C=O) groups excluding carboxylic acids is 1. The molecule has 6 nitrogen and oxygen atoms in total. The second-order valence-electron chi connectivity index (χ2n) is 6.51. The Morgan fingerprint density at radius 1 is 1.42 bits per heavy atom. The predicted molar refractivity (Wildman–Crippen MR) is 116 cm³/mol. The highest BCUT2D eigenvalue weighted by Gasteiger charge is 2.24. The van der Waals surface area contributed by atoms with Crippen LogP contribution in [0.2, 0.25) is 0 Å². The molecule has 1 heterocycles. The zero-order chi connectivity index (χ0) is 18.1. The fourth-order valence-electron chi connectivity index (χ4n) is 3.21. The molecule has 3 N–H and O–H groups in total. The van der Waals surface area contributed by atoms with E-state index < -0.39 is 0 Å². The number of guanidine groups is 1. The Morgan fingerprint density at radius 3 is 2.77 bits per heavy atom. The van der Waals surface area contributed by atoms with Crippen molar-refractivity contribution in [3.05, 3.63) is 30.3 Å². The van der Waals surface area contributed by atoms with Gasteiger partial charge in [-0.15, -0.1) is 24.0 Å². The zero-order valence-electron chi connectivity index (χ0n) is 15.7. The first-order chi connectivity index (χ1) is 12.1. The molecule has 0 aromatic heterocycles. The van der Waals surface area contributed by atoms with Gasteiger partial charge in [-0.05, 0) is 37.3 Å². The molecule has 7 heteroatoms. The van der Waals surface area contributed by atoms with Crippen LogP contribution in [0.5, 0.6) is 5.75 Å². The molecular formula is C19H31IN4O2. The summed E-state index contributed by atoms with van der Waals surface area (Å²) in [5.74, 6) is 1.83. The number of halogens is 1. The first-order valence-corrected chi connectivity index (χ1v) is 9.08. The van der Waals surface area contributed by atoms with E-state index in [1.54, 1.807) is 7.05 Å². The van der Waals surface area contributed by atoms with Gasteiger partial charge in [-0.3, -0.25) is 9.79 Å². The second kappa shape index (κ2) is 12.0. The molecule has 0 aliphatic carbocycles. The summed E-state index contributed by atoms with van der Waals surface area (Å²) in [4.78, 5) is 17.8. The number of amides is 1. The highest BCUT2D eigenvalue weighted by atomic mass is 127. The van der Waals surface area contributed by atoms with Gasteiger partial charge in [0.15, 0.2) is 5.96 Å². The lowest BCUT2D eigenvalue weighted by Crippen LogP contribution is -2.49. The number of ether oxygens (including phenoxy) is 1. The molecule has 2 unspecified atom stereocenters. The van der Waals surface area contributed by atoms with E-state index in [0.717, 1.165) is 44.1 Å². The SMILES string of the molecule is CCC(CNC(=NC)N1CCCC(CC(N)=O)C1)Oc1ccccc1.I. The van der Waals surface area contributed by atoms with Gasteiger partial charge < -0.3 is 20.7 Å². The fourth-order valence-corrected chi connectivity index (χ4v) is 3.21. The number of primary amides is 1. The van der Waals surface area contributed by atoms with Crippen molar-refractivity contribution >= 4 is 35.8 Å². The number of piperidine rings is 1. The minimum atomic E-state index is -0.225. The van der Waals surface area contributed by atoms with E-state index in [-0.39, 0.29) is 36.0 Å². The Bertz CT molecular complexity index is 568. The number of hydrogen-bond donors (Lipinski definition) is 2. The van der Waals surface area contributed by atoms with E-state index >= 15 is 0 Å². The van der Waals surface area contributed by atoms with Crippen LogP contribution in [0.3, 0.4) is 0 Å². The molecule has 1 aliphatic heterocycles. The summed E-state index contributed by atoms with van der Waals surface area (Å²) in [6, 6.07) is 9.86. The normalized spacial score (nSPS) is 18.6. The Kier molecular flexibility index (Phi) is 10.4. The maximum absolute atomic E-state index is 11.2. The van der Waals surface area contributed by atoms with Gasteiger partial charge in [0.2, 0.25) is 5.91 Å². The van der Waals surface area contributed by atoms with Crippen LogP contribution >= 0.6 is 24.0 Å². The van der Waals surface area contributed by atoms with Crippen LogP contribution in [0.4, 0.5) is 0 Å². The number of benzene rings is 1. The molecular weight excluding hydrogens is 443 g/mol. The number of rotatable bonds is 7. The molecule has 2 rings (SSSR count). The van der Waals surface area contributed by atoms with Crippen molar-refractivity contribution in [2.24, 2.45) is 16.6 Å². The lowest BCUT2D eigenvalue weighted by atomic mass is 9.95. The van der Waals surface area contributed by atoms with Crippen molar-refractivity contribution in [2.45, 2.75) is 38.7 Å². The highest BCUT2D eigenvalue weighted by molar-refractivity contribution is 14.0. The van der Waals surface area contributed by atoms with E-state index in [0.29, 0.717) is 18.9 Å². The lowest BCUT2D eigenvalue weighted by molar-refractivity contribution is -0.119. The first-order valence-electron chi connectivity index (χ1n) is 9.08. The second-order valence-corrected chi connectivity index (χ2v) is 6.51. The van der Waals surface area contributed by atoms with Gasteiger partial charge in [-0.1, -0.05) is 25.1 Å². The number of likely N-dealkylation sites (tertiary alicyclic amines) is 1. The fraction of sp³-hybridized carbons (Fsp3) is 0.579. The minimum absolute atomic E-state index is 0. The maximum Gasteiger partial charge on any atom is 0.217 e.